The number of nitrogens with one attached hydrogen (secondary N) is 2. The fraction of sp³-hybridized carbons (Fsp3) is 0.0769. The maximum absolute atomic E-state index is 11.7. The number of halogens is 3. The smallest absolute Gasteiger partial charge is 0.319 e. The molecule has 0 aliphatic carbocycles. The summed E-state index contributed by atoms with van der Waals surface area (Å²) in [4.78, 5) is 15.6. The molecule has 2 amide bonds. The van der Waals surface area contributed by atoms with Crippen molar-refractivity contribution in [3.63, 3.8) is 0 Å². The van der Waals surface area contributed by atoms with Crippen LogP contribution in [0.1, 0.15) is 5.56 Å². The van der Waals surface area contributed by atoms with Crippen LogP contribution in [0.4, 0.5) is 10.5 Å². The number of hydrogen-bond donors (Lipinski definition) is 2. The van der Waals surface area contributed by atoms with Crippen LogP contribution in [0, 0.1) is 0 Å². The third-order valence-electron chi connectivity index (χ3n) is 2.42. The molecule has 0 saturated heterocycles. The standard InChI is InChI=1S/C13H10Cl3N3O/c14-9-1-3-11(4-2-9)19-13(20)18-6-8-5-10(15)7-17-12(8)16/h1-5,7H,6H2,(H2,18,19,20). The van der Waals surface area contributed by atoms with E-state index in [2.05, 4.69) is 15.6 Å². The van der Waals surface area contributed by atoms with E-state index in [1.165, 1.54) is 6.20 Å². The van der Waals surface area contributed by atoms with Gasteiger partial charge in [-0.25, -0.2) is 9.78 Å². The lowest BCUT2D eigenvalue weighted by Crippen LogP contribution is -2.28. The van der Waals surface area contributed by atoms with Gasteiger partial charge in [-0.1, -0.05) is 34.8 Å². The normalized spacial score (nSPS) is 10.2. The summed E-state index contributed by atoms with van der Waals surface area (Å²) < 4.78 is 0. The number of hydrogen-bond acceptors (Lipinski definition) is 2. The predicted octanol–water partition coefficient (Wildman–Crippen LogP) is 4.36. The first kappa shape index (κ1) is 14.9. The van der Waals surface area contributed by atoms with E-state index in [9.17, 15) is 4.79 Å². The van der Waals surface area contributed by atoms with Crippen molar-refractivity contribution in [2.75, 3.05) is 5.32 Å². The van der Waals surface area contributed by atoms with E-state index >= 15 is 0 Å². The number of urea groups is 1. The van der Waals surface area contributed by atoms with E-state index in [1.807, 2.05) is 0 Å². The van der Waals surface area contributed by atoms with Crippen molar-refractivity contribution in [1.82, 2.24) is 10.3 Å². The summed E-state index contributed by atoms with van der Waals surface area (Å²) in [5.74, 6) is 0. The fourth-order valence-corrected chi connectivity index (χ4v) is 1.95. The van der Waals surface area contributed by atoms with Gasteiger partial charge in [0, 0.05) is 29.0 Å². The molecule has 0 fully saturated rings. The van der Waals surface area contributed by atoms with Crippen LogP contribution in [-0.2, 0) is 6.54 Å². The highest BCUT2D eigenvalue weighted by Crippen LogP contribution is 2.17. The summed E-state index contributed by atoms with van der Waals surface area (Å²) in [5, 5.41) is 6.71. The van der Waals surface area contributed by atoms with E-state index < -0.39 is 0 Å². The quantitative estimate of drug-likeness (QED) is 0.821. The molecule has 0 atom stereocenters. The van der Waals surface area contributed by atoms with Crippen LogP contribution in [0.5, 0.6) is 0 Å². The Balaban J connectivity index is 1.92. The first-order valence-corrected chi connectivity index (χ1v) is 6.78. The van der Waals surface area contributed by atoms with E-state index in [4.69, 9.17) is 34.8 Å². The largest absolute Gasteiger partial charge is 0.334 e. The van der Waals surface area contributed by atoms with Gasteiger partial charge in [-0.05, 0) is 30.3 Å². The number of carbonyl (C=O) groups is 1. The number of nitrogens with zero attached hydrogens (tertiary/aromatic N) is 1. The van der Waals surface area contributed by atoms with Crippen LogP contribution >= 0.6 is 34.8 Å². The number of aromatic nitrogens is 1. The van der Waals surface area contributed by atoms with Crippen molar-refractivity contribution in [2.45, 2.75) is 6.54 Å². The van der Waals surface area contributed by atoms with Crippen molar-refractivity contribution in [3.05, 3.63) is 57.3 Å². The van der Waals surface area contributed by atoms with Gasteiger partial charge in [-0.3, -0.25) is 0 Å². The Bertz CT molecular complexity index is 617. The van der Waals surface area contributed by atoms with Crippen molar-refractivity contribution in [1.29, 1.82) is 0 Å². The molecule has 0 unspecified atom stereocenters. The first-order chi connectivity index (χ1) is 9.54. The monoisotopic (exact) mass is 329 g/mol. The van der Waals surface area contributed by atoms with Crippen LogP contribution < -0.4 is 10.6 Å². The number of rotatable bonds is 3. The number of carbonyl (C=O) groups excluding carboxylic acids is 1. The summed E-state index contributed by atoms with van der Waals surface area (Å²) in [6.45, 7) is 0.228. The van der Waals surface area contributed by atoms with E-state index in [0.29, 0.717) is 26.4 Å². The minimum absolute atomic E-state index is 0.228. The summed E-state index contributed by atoms with van der Waals surface area (Å²) in [5.41, 5.74) is 1.28. The zero-order valence-corrected chi connectivity index (χ0v) is 12.4. The van der Waals surface area contributed by atoms with Crippen molar-refractivity contribution < 1.29 is 4.79 Å². The molecule has 0 aliphatic heterocycles. The lowest BCUT2D eigenvalue weighted by atomic mass is 10.3. The van der Waals surface area contributed by atoms with Crippen LogP contribution in [-0.4, -0.2) is 11.0 Å². The van der Waals surface area contributed by atoms with E-state index in [0.717, 1.165) is 0 Å². The molecule has 2 aromatic rings. The molecule has 0 bridgehead atoms. The molecule has 0 radical (unpaired) electrons. The molecule has 0 aliphatic rings. The molecule has 2 rings (SSSR count). The Morgan fingerprint density at radius 1 is 1.10 bits per heavy atom. The molecule has 1 aromatic heterocycles. The van der Waals surface area contributed by atoms with Crippen LogP contribution in [0.25, 0.3) is 0 Å². The second-order valence-electron chi connectivity index (χ2n) is 3.92. The molecule has 4 nitrogen and oxygen atoms in total. The van der Waals surface area contributed by atoms with Gasteiger partial charge in [0.05, 0.1) is 5.02 Å². The Morgan fingerprint density at radius 2 is 1.80 bits per heavy atom. The third kappa shape index (κ3) is 4.27. The van der Waals surface area contributed by atoms with Gasteiger partial charge < -0.3 is 10.6 Å². The topological polar surface area (TPSA) is 54.0 Å². The molecular formula is C13H10Cl3N3O. The van der Waals surface area contributed by atoms with Crippen molar-refractivity contribution in [2.24, 2.45) is 0 Å². The zero-order valence-electron chi connectivity index (χ0n) is 10.2. The second kappa shape index (κ2) is 6.79. The van der Waals surface area contributed by atoms with Gasteiger partial charge in [0.2, 0.25) is 0 Å². The molecule has 1 heterocycles. The van der Waals surface area contributed by atoms with E-state index in [1.54, 1.807) is 30.3 Å². The molecular weight excluding hydrogens is 321 g/mol. The molecule has 1 aromatic carbocycles. The predicted molar refractivity (Wildman–Crippen MR) is 81.6 cm³/mol. The lowest BCUT2D eigenvalue weighted by Gasteiger charge is -2.08. The highest BCUT2D eigenvalue weighted by molar-refractivity contribution is 6.32. The van der Waals surface area contributed by atoms with Crippen LogP contribution in [0.15, 0.2) is 36.5 Å². The summed E-state index contributed by atoms with van der Waals surface area (Å²) in [7, 11) is 0. The molecule has 2 N–H and O–H groups in total. The minimum atomic E-state index is -0.358. The molecule has 0 saturated carbocycles. The molecule has 0 spiro atoms. The van der Waals surface area contributed by atoms with Gasteiger partial charge in [0.15, 0.2) is 0 Å². The summed E-state index contributed by atoms with van der Waals surface area (Å²) in [6, 6.07) is 8.08. The van der Waals surface area contributed by atoms with Crippen molar-refractivity contribution in [3.8, 4) is 0 Å². The average molecular weight is 331 g/mol. The Labute approximate surface area is 131 Å². The first-order valence-electron chi connectivity index (χ1n) is 5.65. The molecule has 20 heavy (non-hydrogen) atoms. The van der Waals surface area contributed by atoms with Gasteiger partial charge in [-0.15, -0.1) is 0 Å². The molecule has 104 valence electrons. The zero-order chi connectivity index (χ0) is 14.5. The SMILES string of the molecule is O=C(NCc1cc(Cl)cnc1Cl)Nc1ccc(Cl)cc1. The van der Waals surface area contributed by atoms with Crippen LogP contribution in [0.2, 0.25) is 15.2 Å². The maximum Gasteiger partial charge on any atom is 0.319 e. The Hall–Kier alpha value is -1.49. The van der Waals surface area contributed by atoms with Crippen LogP contribution in [0.3, 0.4) is 0 Å². The third-order valence-corrected chi connectivity index (χ3v) is 3.22. The maximum atomic E-state index is 11.7. The van der Waals surface area contributed by atoms with E-state index in [-0.39, 0.29) is 12.6 Å². The highest BCUT2D eigenvalue weighted by Gasteiger charge is 2.06. The summed E-state index contributed by atoms with van der Waals surface area (Å²) in [6.07, 6.45) is 1.45. The highest BCUT2D eigenvalue weighted by atomic mass is 35.5. The summed E-state index contributed by atoms with van der Waals surface area (Å²) >= 11 is 17.5. The van der Waals surface area contributed by atoms with Gasteiger partial charge in [0.25, 0.3) is 0 Å². The van der Waals surface area contributed by atoms with Gasteiger partial charge >= 0.3 is 6.03 Å². The molecule has 7 heteroatoms. The number of anilines is 1. The second-order valence-corrected chi connectivity index (χ2v) is 5.15. The number of amides is 2. The van der Waals surface area contributed by atoms with Gasteiger partial charge in [-0.2, -0.15) is 0 Å². The Kier molecular flexibility index (Phi) is 5.06. The minimum Gasteiger partial charge on any atom is -0.334 e. The average Bonchev–Trinajstić information content (AvgIpc) is 2.42. The fourth-order valence-electron chi connectivity index (χ4n) is 1.47. The van der Waals surface area contributed by atoms with Crippen molar-refractivity contribution >= 4 is 46.5 Å². The van der Waals surface area contributed by atoms with Gasteiger partial charge in [0.1, 0.15) is 5.15 Å². The number of pyridine rings is 1. The number of benzene rings is 1. The lowest BCUT2D eigenvalue weighted by molar-refractivity contribution is 0.251. The Morgan fingerprint density at radius 3 is 2.50 bits per heavy atom.